The van der Waals surface area contributed by atoms with Crippen molar-refractivity contribution in [2.24, 2.45) is 0 Å². The van der Waals surface area contributed by atoms with Gasteiger partial charge in [0, 0.05) is 12.1 Å². The number of ether oxygens (including phenoxy) is 3. The predicted octanol–water partition coefficient (Wildman–Crippen LogP) is 2.81. The lowest BCUT2D eigenvalue weighted by Gasteiger charge is -2.15. The molecule has 0 radical (unpaired) electrons. The second-order valence-corrected chi connectivity index (χ2v) is 6.70. The van der Waals surface area contributed by atoms with Gasteiger partial charge in [-0.15, -0.1) is 0 Å². The van der Waals surface area contributed by atoms with Gasteiger partial charge in [-0.2, -0.15) is 0 Å². The van der Waals surface area contributed by atoms with Gasteiger partial charge in [0.15, 0.2) is 17.6 Å². The van der Waals surface area contributed by atoms with Crippen LogP contribution in [0, 0.1) is 0 Å². The molecule has 1 fully saturated rings. The molecule has 1 saturated carbocycles. The summed E-state index contributed by atoms with van der Waals surface area (Å²) in [4.78, 5) is 35.8. The zero-order valence-corrected chi connectivity index (χ0v) is 17.0. The van der Waals surface area contributed by atoms with Crippen molar-refractivity contribution in [1.82, 2.24) is 10.6 Å². The predicted molar refractivity (Wildman–Crippen MR) is 108 cm³/mol. The minimum Gasteiger partial charge on any atom is -0.493 e. The van der Waals surface area contributed by atoms with Crippen molar-refractivity contribution in [2.45, 2.75) is 51.7 Å². The van der Waals surface area contributed by atoms with E-state index in [0.717, 1.165) is 25.7 Å². The molecule has 3 amide bonds. The molecule has 0 saturated heterocycles. The van der Waals surface area contributed by atoms with Crippen LogP contribution in [0.2, 0.25) is 0 Å². The van der Waals surface area contributed by atoms with Crippen LogP contribution in [0.4, 0.5) is 4.79 Å². The van der Waals surface area contributed by atoms with Gasteiger partial charge >= 0.3 is 12.0 Å². The number of carbonyl (C=O) groups is 3. The zero-order chi connectivity index (χ0) is 21.2. The number of imide groups is 1. The number of carbonyl (C=O) groups excluding carboxylic acids is 3. The van der Waals surface area contributed by atoms with E-state index >= 15 is 0 Å². The second kappa shape index (κ2) is 11.1. The Labute approximate surface area is 170 Å². The van der Waals surface area contributed by atoms with Gasteiger partial charge in [-0.05, 0) is 50.5 Å². The van der Waals surface area contributed by atoms with Crippen LogP contribution in [0.5, 0.6) is 11.5 Å². The summed E-state index contributed by atoms with van der Waals surface area (Å²) in [5, 5.41) is 4.94. The van der Waals surface area contributed by atoms with Crippen LogP contribution in [0.25, 0.3) is 6.08 Å². The number of benzene rings is 1. The van der Waals surface area contributed by atoms with Gasteiger partial charge in [0.25, 0.3) is 5.91 Å². The van der Waals surface area contributed by atoms with Crippen molar-refractivity contribution < 1.29 is 28.6 Å². The standard InChI is InChI=1S/C21H28N2O6/c1-4-28-17-11-9-15(13-18(17)27-3)10-12-19(24)29-14(2)20(25)23-21(26)22-16-7-5-6-8-16/h9-14,16H,4-8H2,1-3H3,(H2,22,23,25,26)/b12-10+/t14-/m1/s1. The third-order valence-electron chi connectivity index (χ3n) is 4.49. The van der Waals surface area contributed by atoms with Gasteiger partial charge in [-0.3, -0.25) is 10.1 Å². The molecule has 1 aliphatic rings. The van der Waals surface area contributed by atoms with Crippen LogP contribution in [0.1, 0.15) is 45.1 Å². The number of rotatable bonds is 8. The van der Waals surface area contributed by atoms with E-state index in [1.165, 1.54) is 26.2 Å². The minimum absolute atomic E-state index is 0.0923. The summed E-state index contributed by atoms with van der Waals surface area (Å²) >= 11 is 0. The van der Waals surface area contributed by atoms with Crippen LogP contribution < -0.4 is 20.1 Å². The topological polar surface area (TPSA) is 103 Å². The maximum atomic E-state index is 12.0. The van der Waals surface area contributed by atoms with Gasteiger partial charge in [0.05, 0.1) is 13.7 Å². The monoisotopic (exact) mass is 404 g/mol. The lowest BCUT2D eigenvalue weighted by Crippen LogP contribution is -2.47. The molecule has 2 rings (SSSR count). The van der Waals surface area contributed by atoms with Gasteiger partial charge in [0.1, 0.15) is 0 Å². The number of urea groups is 1. The molecular formula is C21H28N2O6. The fraction of sp³-hybridized carbons (Fsp3) is 0.476. The maximum absolute atomic E-state index is 12.0. The Morgan fingerprint density at radius 3 is 2.59 bits per heavy atom. The highest BCUT2D eigenvalue weighted by atomic mass is 16.5. The Morgan fingerprint density at radius 1 is 1.21 bits per heavy atom. The molecule has 8 nitrogen and oxygen atoms in total. The van der Waals surface area contributed by atoms with E-state index in [2.05, 4.69) is 10.6 Å². The third-order valence-corrected chi connectivity index (χ3v) is 4.49. The molecule has 0 bridgehead atoms. The van der Waals surface area contributed by atoms with Gasteiger partial charge < -0.3 is 19.5 Å². The molecule has 8 heteroatoms. The van der Waals surface area contributed by atoms with Crippen molar-refractivity contribution >= 4 is 24.0 Å². The van der Waals surface area contributed by atoms with E-state index in [1.54, 1.807) is 18.2 Å². The number of amides is 3. The fourth-order valence-electron chi connectivity index (χ4n) is 3.00. The van der Waals surface area contributed by atoms with Crippen molar-refractivity contribution in [3.63, 3.8) is 0 Å². The highest BCUT2D eigenvalue weighted by Crippen LogP contribution is 2.28. The quantitative estimate of drug-likeness (QED) is 0.510. The first-order valence-corrected chi connectivity index (χ1v) is 9.73. The molecule has 0 spiro atoms. The van der Waals surface area contributed by atoms with E-state index in [0.29, 0.717) is 23.7 Å². The Balaban J connectivity index is 1.83. The first kappa shape index (κ1) is 22.3. The Morgan fingerprint density at radius 2 is 1.93 bits per heavy atom. The highest BCUT2D eigenvalue weighted by molar-refractivity contribution is 5.98. The smallest absolute Gasteiger partial charge is 0.331 e. The largest absolute Gasteiger partial charge is 0.493 e. The van der Waals surface area contributed by atoms with E-state index in [-0.39, 0.29) is 6.04 Å². The number of hydrogen-bond donors (Lipinski definition) is 2. The summed E-state index contributed by atoms with van der Waals surface area (Å²) in [6.07, 6.45) is 5.60. The molecule has 1 aromatic carbocycles. The average molecular weight is 404 g/mol. The molecule has 29 heavy (non-hydrogen) atoms. The summed E-state index contributed by atoms with van der Waals surface area (Å²) in [5.41, 5.74) is 0.704. The summed E-state index contributed by atoms with van der Waals surface area (Å²) in [6, 6.07) is 4.75. The highest BCUT2D eigenvalue weighted by Gasteiger charge is 2.22. The van der Waals surface area contributed by atoms with E-state index in [1.807, 2.05) is 6.92 Å². The van der Waals surface area contributed by atoms with Gasteiger partial charge in [-0.1, -0.05) is 18.9 Å². The van der Waals surface area contributed by atoms with Crippen LogP contribution >= 0.6 is 0 Å². The molecule has 0 unspecified atom stereocenters. The summed E-state index contributed by atoms with van der Waals surface area (Å²) in [5.74, 6) is -0.221. The second-order valence-electron chi connectivity index (χ2n) is 6.70. The molecule has 1 aromatic rings. The summed E-state index contributed by atoms with van der Waals surface area (Å²) in [7, 11) is 1.53. The average Bonchev–Trinajstić information content (AvgIpc) is 3.20. The lowest BCUT2D eigenvalue weighted by atomic mass is 10.2. The van der Waals surface area contributed by atoms with Gasteiger partial charge in [0.2, 0.25) is 0 Å². The van der Waals surface area contributed by atoms with Gasteiger partial charge in [-0.25, -0.2) is 9.59 Å². The summed E-state index contributed by atoms with van der Waals surface area (Å²) in [6.45, 7) is 3.79. The SMILES string of the molecule is CCOc1ccc(/C=C/C(=O)O[C@H](C)C(=O)NC(=O)NC2CCCC2)cc1OC. The molecule has 1 aliphatic carbocycles. The molecule has 0 aromatic heterocycles. The van der Waals surface area contributed by atoms with Crippen LogP contribution in [0.15, 0.2) is 24.3 Å². The first-order valence-electron chi connectivity index (χ1n) is 9.73. The normalized spacial score (nSPS) is 15.0. The maximum Gasteiger partial charge on any atom is 0.331 e. The number of hydrogen-bond acceptors (Lipinski definition) is 6. The van der Waals surface area contributed by atoms with E-state index < -0.39 is 24.0 Å². The van der Waals surface area contributed by atoms with E-state index in [4.69, 9.17) is 14.2 Å². The fourth-order valence-corrected chi connectivity index (χ4v) is 3.00. The molecule has 2 N–H and O–H groups in total. The molecule has 1 atom stereocenters. The Bertz CT molecular complexity index is 756. The number of methoxy groups -OCH3 is 1. The number of esters is 1. The van der Waals surface area contributed by atoms with Crippen molar-refractivity contribution in [3.8, 4) is 11.5 Å². The Kier molecular flexibility index (Phi) is 8.51. The zero-order valence-electron chi connectivity index (χ0n) is 17.0. The van der Waals surface area contributed by atoms with E-state index in [9.17, 15) is 14.4 Å². The third kappa shape index (κ3) is 7.14. The molecule has 0 aliphatic heterocycles. The number of nitrogens with one attached hydrogen (secondary N) is 2. The van der Waals surface area contributed by atoms with Crippen LogP contribution in [0.3, 0.4) is 0 Å². The molecular weight excluding hydrogens is 376 g/mol. The first-order chi connectivity index (χ1) is 13.9. The van der Waals surface area contributed by atoms with Crippen molar-refractivity contribution in [1.29, 1.82) is 0 Å². The summed E-state index contributed by atoms with van der Waals surface area (Å²) < 4.78 is 15.8. The molecule has 158 valence electrons. The van der Waals surface area contributed by atoms with Crippen LogP contribution in [-0.4, -0.2) is 43.8 Å². The minimum atomic E-state index is -1.10. The van der Waals surface area contributed by atoms with Crippen LogP contribution in [-0.2, 0) is 14.3 Å². The molecule has 0 heterocycles. The lowest BCUT2D eigenvalue weighted by molar-refractivity contribution is -0.149. The Hall–Kier alpha value is -3.03. The van der Waals surface area contributed by atoms with Crippen molar-refractivity contribution in [2.75, 3.05) is 13.7 Å². The van der Waals surface area contributed by atoms with Crippen molar-refractivity contribution in [3.05, 3.63) is 29.8 Å².